The molecule has 0 saturated heterocycles. The highest BCUT2D eigenvalue weighted by Gasteiger charge is 1.95. The maximum Gasteiger partial charge on any atom is 0.194 e. The second kappa shape index (κ2) is 1.57. The lowest BCUT2D eigenvalue weighted by Gasteiger charge is -1.72. The van der Waals surface area contributed by atoms with Crippen LogP contribution in [0, 0.1) is 12.3 Å². The van der Waals surface area contributed by atoms with Crippen molar-refractivity contribution in [2.45, 2.75) is 6.92 Å². The largest absolute Gasteiger partial charge is 0.297 e. The van der Waals surface area contributed by atoms with E-state index < -0.39 is 0 Å². The lowest BCUT2D eigenvalue weighted by Crippen LogP contribution is -1.66. The van der Waals surface area contributed by atoms with E-state index in [2.05, 4.69) is 10.4 Å². The van der Waals surface area contributed by atoms with Gasteiger partial charge in [-0.3, -0.25) is 4.40 Å². The Kier molecular flexibility index (Phi) is 0.873. The summed E-state index contributed by atoms with van der Waals surface area (Å²) in [6.07, 6.45) is 3.88. The number of fused-ring (bicyclic) bond motifs is 1. The third-order valence-electron chi connectivity index (χ3n) is 1.16. The number of hydrogen-bond acceptors (Lipinski definition) is 2. The quantitative estimate of drug-likeness (QED) is 0.538. The fraction of sp³-hybridized carbons (Fsp3) is 0.167. The van der Waals surface area contributed by atoms with Gasteiger partial charge in [-0.1, -0.05) is 11.3 Å². The molecule has 1 radical (unpaired) electrons. The van der Waals surface area contributed by atoms with Crippen molar-refractivity contribution < 1.29 is 0 Å². The lowest BCUT2D eigenvalue weighted by atomic mass is 10.6. The molecule has 0 spiro atoms. The van der Waals surface area contributed by atoms with Crippen molar-refractivity contribution in [1.29, 1.82) is 0 Å². The molecule has 0 aromatic carbocycles. The molecule has 0 aliphatic carbocycles. The standard InChI is InChI=1S/C6H5N2S/c1-5-4-8-2-3-9-6(8)7-5/h2,4H,1H3. The third-order valence-corrected chi connectivity index (χ3v) is 1.87. The van der Waals surface area contributed by atoms with Crippen molar-refractivity contribution in [2.75, 3.05) is 0 Å². The molecule has 45 valence electrons. The summed E-state index contributed by atoms with van der Waals surface area (Å²) in [5, 5.41) is 2.99. The van der Waals surface area contributed by atoms with E-state index in [0.717, 1.165) is 10.7 Å². The van der Waals surface area contributed by atoms with Crippen LogP contribution >= 0.6 is 11.3 Å². The number of aryl methyl sites for hydroxylation is 1. The zero-order valence-electron chi connectivity index (χ0n) is 4.96. The Morgan fingerprint density at radius 1 is 1.78 bits per heavy atom. The number of thiazole rings is 1. The first kappa shape index (κ1) is 4.99. The summed E-state index contributed by atoms with van der Waals surface area (Å²) < 4.78 is 1.97. The van der Waals surface area contributed by atoms with Crippen LogP contribution in [0.1, 0.15) is 5.69 Å². The maximum atomic E-state index is 4.22. The Hall–Kier alpha value is -0.830. The minimum atomic E-state index is 1.02. The molecule has 2 nitrogen and oxygen atoms in total. The monoisotopic (exact) mass is 137 g/mol. The average molecular weight is 137 g/mol. The Morgan fingerprint density at radius 3 is 3.44 bits per heavy atom. The van der Waals surface area contributed by atoms with E-state index in [0.29, 0.717) is 0 Å². The minimum Gasteiger partial charge on any atom is -0.297 e. The fourth-order valence-electron chi connectivity index (χ4n) is 0.798. The van der Waals surface area contributed by atoms with Crippen LogP contribution < -0.4 is 0 Å². The van der Waals surface area contributed by atoms with Crippen molar-refractivity contribution in [1.82, 2.24) is 9.38 Å². The predicted molar refractivity (Wildman–Crippen MR) is 36.6 cm³/mol. The van der Waals surface area contributed by atoms with Gasteiger partial charge in [0.05, 0.1) is 11.1 Å². The Labute approximate surface area is 56.8 Å². The summed E-state index contributed by atoms with van der Waals surface area (Å²) in [5.41, 5.74) is 1.07. The Bertz CT molecular complexity index is 292. The minimum absolute atomic E-state index is 1.02. The van der Waals surface area contributed by atoms with Gasteiger partial charge >= 0.3 is 0 Å². The Balaban J connectivity index is 2.92. The molecule has 0 atom stereocenters. The molecular formula is C6H5N2S. The molecule has 2 aromatic heterocycles. The summed E-state index contributed by atoms with van der Waals surface area (Å²) in [5.74, 6) is 0. The SMILES string of the molecule is Cc1cn2c[c]sc2n1. The van der Waals surface area contributed by atoms with Crippen LogP contribution in [0.5, 0.6) is 0 Å². The Morgan fingerprint density at radius 2 is 2.67 bits per heavy atom. The van der Waals surface area contributed by atoms with E-state index in [1.54, 1.807) is 0 Å². The summed E-state index contributed by atoms with van der Waals surface area (Å²) in [4.78, 5) is 5.24. The number of rotatable bonds is 0. The zero-order chi connectivity index (χ0) is 6.27. The molecule has 0 unspecified atom stereocenters. The van der Waals surface area contributed by atoms with Gasteiger partial charge in [-0.15, -0.1) is 0 Å². The second-order valence-corrected chi connectivity index (χ2v) is 2.73. The van der Waals surface area contributed by atoms with Crippen LogP contribution in [0.25, 0.3) is 4.96 Å². The van der Waals surface area contributed by atoms with E-state index in [1.807, 2.05) is 23.7 Å². The number of nitrogens with zero attached hydrogens (tertiary/aromatic N) is 2. The van der Waals surface area contributed by atoms with Crippen LogP contribution in [0.2, 0.25) is 0 Å². The van der Waals surface area contributed by atoms with E-state index in [1.165, 1.54) is 11.3 Å². The number of imidazole rings is 1. The summed E-state index contributed by atoms with van der Waals surface area (Å²) in [6.45, 7) is 1.99. The number of hydrogen-bond donors (Lipinski definition) is 0. The van der Waals surface area contributed by atoms with E-state index >= 15 is 0 Å². The first-order chi connectivity index (χ1) is 4.36. The van der Waals surface area contributed by atoms with Gasteiger partial charge in [-0.2, -0.15) is 0 Å². The summed E-state index contributed by atoms with van der Waals surface area (Å²) in [7, 11) is 0. The van der Waals surface area contributed by atoms with Crippen LogP contribution in [-0.4, -0.2) is 9.38 Å². The van der Waals surface area contributed by atoms with Gasteiger partial charge in [0, 0.05) is 12.4 Å². The summed E-state index contributed by atoms with van der Waals surface area (Å²) >= 11 is 1.53. The molecule has 2 aromatic rings. The van der Waals surface area contributed by atoms with Crippen molar-refractivity contribution in [3.05, 3.63) is 23.5 Å². The molecule has 0 amide bonds. The fourth-order valence-corrected chi connectivity index (χ4v) is 1.47. The normalized spacial score (nSPS) is 10.8. The highest BCUT2D eigenvalue weighted by molar-refractivity contribution is 7.14. The summed E-state index contributed by atoms with van der Waals surface area (Å²) in [6, 6.07) is 0. The highest BCUT2D eigenvalue weighted by atomic mass is 32.1. The van der Waals surface area contributed by atoms with Crippen molar-refractivity contribution >= 4 is 16.3 Å². The smallest absolute Gasteiger partial charge is 0.194 e. The highest BCUT2D eigenvalue weighted by Crippen LogP contribution is 2.08. The van der Waals surface area contributed by atoms with Gasteiger partial charge in [-0.25, -0.2) is 4.98 Å². The van der Waals surface area contributed by atoms with E-state index in [4.69, 9.17) is 0 Å². The molecule has 0 aliphatic rings. The van der Waals surface area contributed by atoms with Crippen molar-refractivity contribution in [3.8, 4) is 0 Å². The lowest BCUT2D eigenvalue weighted by molar-refractivity contribution is 1.22. The van der Waals surface area contributed by atoms with Crippen molar-refractivity contribution in [2.24, 2.45) is 0 Å². The van der Waals surface area contributed by atoms with Crippen LogP contribution in [0.4, 0.5) is 0 Å². The second-order valence-electron chi connectivity index (χ2n) is 1.92. The molecule has 0 N–H and O–H groups in total. The van der Waals surface area contributed by atoms with Gasteiger partial charge in [0.1, 0.15) is 0 Å². The first-order valence-corrected chi connectivity index (χ1v) is 3.49. The van der Waals surface area contributed by atoms with E-state index in [9.17, 15) is 0 Å². The molecule has 0 aliphatic heterocycles. The van der Waals surface area contributed by atoms with Gasteiger partial charge in [-0.05, 0) is 6.92 Å². The first-order valence-electron chi connectivity index (χ1n) is 2.67. The predicted octanol–water partition coefficient (Wildman–Crippen LogP) is 1.50. The molecular weight excluding hydrogens is 132 g/mol. The van der Waals surface area contributed by atoms with Crippen LogP contribution in [0.15, 0.2) is 12.4 Å². The van der Waals surface area contributed by atoms with Gasteiger partial charge in [0.15, 0.2) is 4.96 Å². The molecule has 2 heterocycles. The molecule has 0 saturated carbocycles. The maximum absolute atomic E-state index is 4.22. The van der Waals surface area contributed by atoms with E-state index in [-0.39, 0.29) is 0 Å². The van der Waals surface area contributed by atoms with Crippen LogP contribution in [0.3, 0.4) is 0 Å². The van der Waals surface area contributed by atoms with Crippen molar-refractivity contribution in [3.63, 3.8) is 0 Å². The molecule has 2 rings (SSSR count). The molecule has 0 bridgehead atoms. The molecule has 9 heavy (non-hydrogen) atoms. The average Bonchev–Trinajstić information content (AvgIpc) is 2.22. The third kappa shape index (κ3) is 0.650. The number of aromatic nitrogens is 2. The van der Waals surface area contributed by atoms with Gasteiger partial charge in [0.2, 0.25) is 0 Å². The molecule has 3 heteroatoms. The molecule has 0 fully saturated rings. The zero-order valence-corrected chi connectivity index (χ0v) is 5.77. The topological polar surface area (TPSA) is 17.3 Å². The van der Waals surface area contributed by atoms with Crippen LogP contribution in [-0.2, 0) is 0 Å². The van der Waals surface area contributed by atoms with Gasteiger partial charge < -0.3 is 0 Å². The van der Waals surface area contributed by atoms with Gasteiger partial charge in [0.25, 0.3) is 0 Å².